The molecular formula is C25H22FN5O2. The number of likely N-dealkylation sites (tertiary alicyclic amines) is 1. The molecule has 0 saturated carbocycles. The van der Waals surface area contributed by atoms with Gasteiger partial charge in [0.1, 0.15) is 5.82 Å². The van der Waals surface area contributed by atoms with E-state index in [9.17, 15) is 9.18 Å². The molecule has 3 aromatic heterocycles. The Labute approximate surface area is 190 Å². The van der Waals surface area contributed by atoms with Crippen molar-refractivity contribution in [3.8, 4) is 22.5 Å². The number of aromatic nitrogens is 4. The molecule has 1 unspecified atom stereocenters. The molecule has 33 heavy (non-hydrogen) atoms. The summed E-state index contributed by atoms with van der Waals surface area (Å²) in [6, 6.07) is 10.3. The van der Waals surface area contributed by atoms with Gasteiger partial charge in [0.2, 0.25) is 5.76 Å². The van der Waals surface area contributed by atoms with E-state index >= 15 is 0 Å². The van der Waals surface area contributed by atoms with E-state index < -0.39 is 0 Å². The summed E-state index contributed by atoms with van der Waals surface area (Å²) in [4.78, 5) is 32.4. The van der Waals surface area contributed by atoms with Crippen LogP contribution in [0.3, 0.4) is 0 Å². The number of rotatable bonds is 4. The number of carbonyl (C=O) groups excluding carboxylic acids is 1. The lowest BCUT2D eigenvalue weighted by atomic mass is 9.89. The first-order chi connectivity index (χ1) is 16.1. The van der Waals surface area contributed by atoms with Gasteiger partial charge < -0.3 is 9.32 Å². The van der Waals surface area contributed by atoms with Crippen molar-refractivity contribution in [3.05, 3.63) is 84.3 Å². The number of nitrogens with zero attached hydrogens (tertiary/aromatic N) is 5. The second-order valence-corrected chi connectivity index (χ2v) is 8.07. The fourth-order valence-corrected chi connectivity index (χ4v) is 4.26. The fourth-order valence-electron chi connectivity index (χ4n) is 4.26. The van der Waals surface area contributed by atoms with Crippen LogP contribution in [0.4, 0.5) is 4.39 Å². The van der Waals surface area contributed by atoms with Crippen molar-refractivity contribution >= 4 is 5.91 Å². The fraction of sp³-hybridized carbons (Fsp3) is 0.240. The first-order valence-electron chi connectivity index (χ1n) is 10.8. The highest BCUT2D eigenvalue weighted by Crippen LogP contribution is 2.35. The van der Waals surface area contributed by atoms with Crippen molar-refractivity contribution in [2.24, 2.45) is 0 Å². The molecule has 4 aromatic rings. The van der Waals surface area contributed by atoms with Crippen molar-refractivity contribution in [1.82, 2.24) is 24.8 Å². The van der Waals surface area contributed by atoms with Gasteiger partial charge in [-0.25, -0.2) is 19.3 Å². The third kappa shape index (κ3) is 4.11. The summed E-state index contributed by atoms with van der Waals surface area (Å²) >= 11 is 0. The minimum Gasteiger partial charge on any atom is -0.438 e. The van der Waals surface area contributed by atoms with Gasteiger partial charge in [-0.3, -0.25) is 9.78 Å². The Hall–Kier alpha value is -3.94. The van der Waals surface area contributed by atoms with Crippen LogP contribution >= 0.6 is 0 Å². The van der Waals surface area contributed by atoms with E-state index in [0.717, 1.165) is 24.1 Å². The van der Waals surface area contributed by atoms with Gasteiger partial charge in [-0.05, 0) is 38.0 Å². The average molecular weight is 443 g/mol. The third-order valence-electron chi connectivity index (χ3n) is 5.94. The summed E-state index contributed by atoms with van der Waals surface area (Å²) < 4.78 is 20.1. The SMILES string of the molecule is Cc1ncoc1C(=O)N1CCCC(c2nc(-c3cccnc3)ncc2-c2ccccc2F)C1. The Morgan fingerprint density at radius 3 is 2.76 bits per heavy atom. The van der Waals surface area contributed by atoms with Crippen LogP contribution in [-0.4, -0.2) is 43.8 Å². The predicted octanol–water partition coefficient (Wildman–Crippen LogP) is 4.66. The zero-order valence-corrected chi connectivity index (χ0v) is 18.1. The van der Waals surface area contributed by atoms with Crippen LogP contribution in [0.25, 0.3) is 22.5 Å². The summed E-state index contributed by atoms with van der Waals surface area (Å²) in [6.07, 6.45) is 7.96. The molecule has 0 aliphatic carbocycles. The van der Waals surface area contributed by atoms with Crippen LogP contribution in [-0.2, 0) is 0 Å². The van der Waals surface area contributed by atoms with E-state index in [0.29, 0.717) is 35.7 Å². The smallest absolute Gasteiger partial charge is 0.291 e. The van der Waals surface area contributed by atoms with Crippen molar-refractivity contribution in [2.75, 3.05) is 13.1 Å². The molecule has 1 aliphatic heterocycles. The highest BCUT2D eigenvalue weighted by Gasteiger charge is 2.31. The Kier molecular flexibility index (Phi) is 5.64. The topological polar surface area (TPSA) is 85.0 Å². The van der Waals surface area contributed by atoms with E-state index in [4.69, 9.17) is 9.40 Å². The van der Waals surface area contributed by atoms with Gasteiger partial charge in [-0.2, -0.15) is 0 Å². The number of piperidine rings is 1. The molecule has 0 bridgehead atoms. The minimum atomic E-state index is -0.336. The van der Waals surface area contributed by atoms with E-state index in [1.54, 1.807) is 48.6 Å². The lowest BCUT2D eigenvalue weighted by Crippen LogP contribution is -2.39. The van der Waals surface area contributed by atoms with Gasteiger partial charge >= 0.3 is 0 Å². The number of pyridine rings is 1. The Morgan fingerprint density at radius 2 is 2.00 bits per heavy atom. The lowest BCUT2D eigenvalue weighted by molar-refractivity contribution is 0.0673. The maximum absolute atomic E-state index is 14.7. The largest absolute Gasteiger partial charge is 0.438 e. The molecule has 1 saturated heterocycles. The molecule has 1 fully saturated rings. The average Bonchev–Trinajstić information content (AvgIpc) is 3.30. The molecule has 1 aliphatic rings. The number of hydrogen-bond acceptors (Lipinski definition) is 6. The Morgan fingerprint density at radius 1 is 1.12 bits per heavy atom. The first kappa shape index (κ1) is 20.9. The maximum Gasteiger partial charge on any atom is 0.291 e. The van der Waals surface area contributed by atoms with E-state index in [2.05, 4.69) is 15.0 Å². The number of aryl methyl sites for hydroxylation is 1. The molecular weight excluding hydrogens is 421 g/mol. The minimum absolute atomic E-state index is 0.0843. The normalized spacial score (nSPS) is 16.1. The molecule has 8 heteroatoms. The molecule has 166 valence electrons. The number of halogens is 1. The first-order valence-corrected chi connectivity index (χ1v) is 10.8. The van der Waals surface area contributed by atoms with Crippen LogP contribution in [0.1, 0.15) is 40.7 Å². The van der Waals surface area contributed by atoms with Crippen LogP contribution in [0.5, 0.6) is 0 Å². The van der Waals surface area contributed by atoms with Crippen molar-refractivity contribution in [1.29, 1.82) is 0 Å². The van der Waals surface area contributed by atoms with E-state index in [1.807, 2.05) is 12.1 Å². The van der Waals surface area contributed by atoms with Crippen molar-refractivity contribution < 1.29 is 13.6 Å². The summed E-state index contributed by atoms with van der Waals surface area (Å²) in [5, 5.41) is 0. The quantitative estimate of drug-likeness (QED) is 0.456. The highest BCUT2D eigenvalue weighted by molar-refractivity contribution is 5.92. The highest BCUT2D eigenvalue weighted by atomic mass is 19.1. The molecule has 0 radical (unpaired) electrons. The van der Waals surface area contributed by atoms with Crippen molar-refractivity contribution in [3.63, 3.8) is 0 Å². The van der Waals surface area contributed by atoms with Crippen LogP contribution in [0.15, 0.2) is 65.8 Å². The van der Waals surface area contributed by atoms with E-state index in [-0.39, 0.29) is 23.4 Å². The maximum atomic E-state index is 14.7. The second kappa shape index (κ2) is 8.90. The standard InChI is InChI=1S/C25H22FN5O2/c1-16-23(33-15-29-16)25(32)31-11-5-7-18(14-31)22-20(19-8-2-3-9-21(19)26)13-28-24(30-22)17-6-4-10-27-12-17/h2-4,6,8-10,12-13,15,18H,5,7,11,14H2,1H3. The summed E-state index contributed by atoms with van der Waals surface area (Å²) in [5.74, 6) is 0.163. The number of hydrogen-bond donors (Lipinski definition) is 0. The molecule has 1 amide bonds. The van der Waals surface area contributed by atoms with Gasteiger partial charge in [-0.1, -0.05) is 18.2 Å². The predicted molar refractivity (Wildman–Crippen MR) is 120 cm³/mol. The van der Waals surface area contributed by atoms with Crippen LogP contribution in [0.2, 0.25) is 0 Å². The molecule has 0 spiro atoms. The second-order valence-electron chi connectivity index (χ2n) is 8.07. The number of amides is 1. The van der Waals surface area contributed by atoms with Gasteiger partial charge in [0.25, 0.3) is 5.91 Å². The number of benzene rings is 1. The van der Waals surface area contributed by atoms with Gasteiger partial charge in [0, 0.05) is 54.3 Å². The monoisotopic (exact) mass is 443 g/mol. The summed E-state index contributed by atoms with van der Waals surface area (Å²) in [6.45, 7) is 2.81. The molecule has 5 rings (SSSR count). The third-order valence-corrected chi connectivity index (χ3v) is 5.94. The molecule has 0 N–H and O–H groups in total. The molecule has 7 nitrogen and oxygen atoms in total. The Balaban J connectivity index is 1.55. The number of oxazole rings is 1. The van der Waals surface area contributed by atoms with Gasteiger partial charge in [0.05, 0.1) is 11.4 Å². The molecule has 1 atom stereocenters. The van der Waals surface area contributed by atoms with Gasteiger partial charge in [0.15, 0.2) is 12.2 Å². The summed E-state index contributed by atoms with van der Waals surface area (Å²) in [7, 11) is 0. The van der Waals surface area contributed by atoms with Crippen molar-refractivity contribution in [2.45, 2.75) is 25.7 Å². The number of carbonyl (C=O) groups is 1. The molecule has 1 aromatic carbocycles. The summed E-state index contributed by atoms with van der Waals surface area (Å²) in [5.41, 5.74) is 3.14. The zero-order valence-electron chi connectivity index (χ0n) is 18.1. The Bertz CT molecular complexity index is 1290. The van der Waals surface area contributed by atoms with Gasteiger partial charge in [-0.15, -0.1) is 0 Å². The van der Waals surface area contributed by atoms with Crippen LogP contribution < -0.4 is 0 Å². The van der Waals surface area contributed by atoms with Crippen LogP contribution in [0, 0.1) is 12.7 Å². The lowest BCUT2D eigenvalue weighted by Gasteiger charge is -2.33. The zero-order chi connectivity index (χ0) is 22.8. The molecule has 4 heterocycles. The van der Waals surface area contributed by atoms with E-state index in [1.165, 1.54) is 12.5 Å².